The van der Waals surface area contributed by atoms with E-state index in [4.69, 9.17) is 28.8 Å². The van der Waals surface area contributed by atoms with E-state index in [1.807, 2.05) is 0 Å². The zero-order valence-electron chi connectivity index (χ0n) is 18.7. The van der Waals surface area contributed by atoms with Crippen molar-refractivity contribution in [3.63, 3.8) is 0 Å². The molecular weight excluding hydrogens is 432 g/mol. The molecule has 1 aliphatic rings. The van der Waals surface area contributed by atoms with Crippen molar-refractivity contribution in [2.75, 3.05) is 19.8 Å². The van der Waals surface area contributed by atoms with Gasteiger partial charge in [-0.3, -0.25) is 14.4 Å². The van der Waals surface area contributed by atoms with Crippen LogP contribution >= 0.6 is 0 Å². The van der Waals surface area contributed by atoms with E-state index >= 15 is 0 Å². The maximum absolute atomic E-state index is 12.5. The second-order valence-electron chi connectivity index (χ2n) is 7.47. The fourth-order valence-corrected chi connectivity index (χ4v) is 2.83. The number of rotatable bonds is 12. The van der Waals surface area contributed by atoms with Gasteiger partial charge in [-0.15, -0.1) is 0 Å². The Balaban J connectivity index is 3.28. The third-order valence-corrected chi connectivity index (χ3v) is 4.96. The zero-order valence-corrected chi connectivity index (χ0v) is 18.7. The molecule has 3 unspecified atom stereocenters. The van der Waals surface area contributed by atoms with Crippen molar-refractivity contribution >= 4 is 17.9 Å². The molecule has 12 nitrogen and oxygen atoms in total. The minimum absolute atomic E-state index is 0.0389. The number of carbonyl (C=O) groups is 3. The minimum Gasteiger partial charge on any atom is -0.456 e. The molecule has 0 aromatic rings. The Hall–Kier alpha value is -1.83. The van der Waals surface area contributed by atoms with Crippen LogP contribution in [0.3, 0.4) is 0 Å². The van der Waals surface area contributed by atoms with E-state index in [1.54, 1.807) is 13.8 Å². The molecular formula is C20H34O12. The third-order valence-electron chi connectivity index (χ3n) is 4.96. The molecule has 4 N–H and O–H groups in total. The molecule has 0 aromatic heterocycles. The standard InChI is InChI=1S/C20H34O12/c1-5-10(3)19(27)32-17-16(29-11(4)23)14(8-22)30-20(18(17)31-15(26)6-2)28-9-13(25)12(24)7-21/h10,12-14,16-18,20-22,24-25H,5-9H2,1-4H3/t10-,12+,13-,14?,16-,17?,18?,20-/m1/s1. The summed E-state index contributed by atoms with van der Waals surface area (Å²) in [6, 6.07) is 0. The lowest BCUT2D eigenvalue weighted by Crippen LogP contribution is -2.63. The molecule has 1 heterocycles. The Bertz CT molecular complexity index is 611. The van der Waals surface area contributed by atoms with Crippen molar-refractivity contribution in [2.24, 2.45) is 5.92 Å². The maximum Gasteiger partial charge on any atom is 0.309 e. The lowest BCUT2D eigenvalue weighted by molar-refractivity contribution is -0.312. The van der Waals surface area contributed by atoms with Gasteiger partial charge in [0.15, 0.2) is 24.6 Å². The summed E-state index contributed by atoms with van der Waals surface area (Å²) in [5.74, 6) is -2.62. The van der Waals surface area contributed by atoms with Gasteiger partial charge >= 0.3 is 17.9 Å². The fraction of sp³-hybridized carbons (Fsp3) is 0.850. The third kappa shape index (κ3) is 7.94. The molecule has 1 rings (SSSR count). The average molecular weight is 466 g/mol. The quantitative estimate of drug-likeness (QED) is 0.196. The SMILES string of the molecule is CCC(=O)OC1C(OC(=O)[C@H](C)CC)[C@H](OC(C)=O)C(CO)O[C@H]1OC[C@@H](O)[C@@H](O)CO. The number of aliphatic hydroxyl groups excluding tert-OH is 4. The minimum atomic E-state index is -1.51. The molecule has 0 bridgehead atoms. The lowest BCUT2D eigenvalue weighted by atomic mass is 9.97. The van der Waals surface area contributed by atoms with Crippen LogP contribution in [0.25, 0.3) is 0 Å². The Labute approximate surface area is 186 Å². The van der Waals surface area contributed by atoms with Gasteiger partial charge in [-0.05, 0) is 6.42 Å². The molecule has 186 valence electrons. The van der Waals surface area contributed by atoms with Crippen molar-refractivity contribution in [2.45, 2.75) is 83.5 Å². The van der Waals surface area contributed by atoms with Gasteiger partial charge in [-0.1, -0.05) is 20.8 Å². The van der Waals surface area contributed by atoms with E-state index in [1.165, 1.54) is 6.92 Å². The summed E-state index contributed by atoms with van der Waals surface area (Å²) >= 11 is 0. The van der Waals surface area contributed by atoms with Gasteiger partial charge in [-0.25, -0.2) is 0 Å². The molecule has 12 heteroatoms. The predicted molar refractivity (Wildman–Crippen MR) is 106 cm³/mol. The van der Waals surface area contributed by atoms with Crippen LogP contribution in [0, 0.1) is 5.92 Å². The molecule has 0 saturated carbocycles. The number of carbonyl (C=O) groups excluding carboxylic acids is 3. The topological polar surface area (TPSA) is 178 Å². The molecule has 0 radical (unpaired) electrons. The maximum atomic E-state index is 12.5. The smallest absolute Gasteiger partial charge is 0.309 e. The van der Waals surface area contributed by atoms with Crippen molar-refractivity contribution in [1.82, 2.24) is 0 Å². The normalized spacial score (nSPS) is 28.3. The van der Waals surface area contributed by atoms with Gasteiger partial charge < -0.3 is 44.1 Å². The largest absolute Gasteiger partial charge is 0.456 e. The van der Waals surface area contributed by atoms with Crippen LogP contribution in [-0.2, 0) is 38.1 Å². The van der Waals surface area contributed by atoms with Crippen LogP contribution in [0.5, 0.6) is 0 Å². The van der Waals surface area contributed by atoms with Crippen LogP contribution in [0.1, 0.15) is 40.5 Å². The summed E-state index contributed by atoms with van der Waals surface area (Å²) in [5, 5.41) is 38.1. The number of aliphatic hydroxyl groups is 4. The molecule has 1 aliphatic heterocycles. The first-order chi connectivity index (χ1) is 15.1. The predicted octanol–water partition coefficient (Wildman–Crippen LogP) is -1.35. The lowest BCUT2D eigenvalue weighted by Gasteiger charge is -2.44. The number of hydrogen-bond donors (Lipinski definition) is 4. The molecule has 0 aromatic carbocycles. The van der Waals surface area contributed by atoms with Crippen LogP contribution in [0.15, 0.2) is 0 Å². The molecule has 32 heavy (non-hydrogen) atoms. The molecule has 0 amide bonds. The summed E-state index contributed by atoms with van der Waals surface area (Å²) in [7, 11) is 0. The van der Waals surface area contributed by atoms with E-state index < -0.39 is 86.6 Å². The van der Waals surface area contributed by atoms with Crippen LogP contribution < -0.4 is 0 Å². The van der Waals surface area contributed by atoms with Crippen molar-refractivity contribution in [1.29, 1.82) is 0 Å². The number of ether oxygens (including phenoxy) is 5. The molecule has 0 spiro atoms. The highest BCUT2D eigenvalue weighted by Crippen LogP contribution is 2.30. The summed E-state index contributed by atoms with van der Waals surface area (Å²) in [5.41, 5.74) is 0. The fourth-order valence-electron chi connectivity index (χ4n) is 2.83. The monoisotopic (exact) mass is 466 g/mol. The van der Waals surface area contributed by atoms with Gasteiger partial charge in [0.2, 0.25) is 0 Å². The van der Waals surface area contributed by atoms with Gasteiger partial charge in [0.25, 0.3) is 0 Å². The van der Waals surface area contributed by atoms with Crippen LogP contribution in [0.2, 0.25) is 0 Å². The first kappa shape index (κ1) is 28.2. The summed E-state index contributed by atoms with van der Waals surface area (Å²) in [6.07, 6.45) is -9.37. The second kappa shape index (κ2) is 13.7. The van der Waals surface area contributed by atoms with E-state index in [2.05, 4.69) is 0 Å². The average Bonchev–Trinajstić information content (AvgIpc) is 2.78. The first-order valence-electron chi connectivity index (χ1n) is 10.5. The van der Waals surface area contributed by atoms with E-state index in [9.17, 15) is 29.7 Å². The van der Waals surface area contributed by atoms with Crippen molar-refractivity contribution in [3.05, 3.63) is 0 Å². The zero-order chi connectivity index (χ0) is 24.4. The summed E-state index contributed by atoms with van der Waals surface area (Å²) in [6.45, 7) is 4.10. The summed E-state index contributed by atoms with van der Waals surface area (Å²) in [4.78, 5) is 36.2. The van der Waals surface area contributed by atoms with Crippen LogP contribution in [0.4, 0.5) is 0 Å². The van der Waals surface area contributed by atoms with Crippen LogP contribution in [-0.4, -0.2) is 101 Å². The number of hydrogen-bond acceptors (Lipinski definition) is 12. The highest BCUT2D eigenvalue weighted by atomic mass is 16.7. The van der Waals surface area contributed by atoms with E-state index in [-0.39, 0.29) is 6.42 Å². The number of esters is 3. The van der Waals surface area contributed by atoms with Crippen molar-refractivity contribution < 1.29 is 58.5 Å². The van der Waals surface area contributed by atoms with Gasteiger partial charge in [0, 0.05) is 13.3 Å². The van der Waals surface area contributed by atoms with Gasteiger partial charge in [0.1, 0.15) is 18.3 Å². The van der Waals surface area contributed by atoms with E-state index in [0.29, 0.717) is 6.42 Å². The second-order valence-corrected chi connectivity index (χ2v) is 7.47. The Morgan fingerprint density at radius 3 is 2.12 bits per heavy atom. The molecule has 1 saturated heterocycles. The first-order valence-corrected chi connectivity index (χ1v) is 10.5. The molecule has 1 fully saturated rings. The summed E-state index contributed by atoms with van der Waals surface area (Å²) < 4.78 is 27.2. The Kier molecular flexibility index (Phi) is 12.0. The van der Waals surface area contributed by atoms with E-state index in [0.717, 1.165) is 6.92 Å². The van der Waals surface area contributed by atoms with Crippen molar-refractivity contribution in [3.8, 4) is 0 Å². The Morgan fingerprint density at radius 1 is 0.969 bits per heavy atom. The Morgan fingerprint density at radius 2 is 1.62 bits per heavy atom. The van der Waals surface area contributed by atoms with Gasteiger partial charge in [-0.2, -0.15) is 0 Å². The van der Waals surface area contributed by atoms with Gasteiger partial charge in [0.05, 0.1) is 25.7 Å². The molecule has 0 aliphatic carbocycles. The highest BCUT2D eigenvalue weighted by Gasteiger charge is 2.52. The highest BCUT2D eigenvalue weighted by molar-refractivity contribution is 5.72. The molecule has 8 atom stereocenters.